The third kappa shape index (κ3) is 10.0. The summed E-state index contributed by atoms with van der Waals surface area (Å²) in [7, 11) is 0. The summed E-state index contributed by atoms with van der Waals surface area (Å²) in [6.07, 6.45) is 0.944. The highest BCUT2D eigenvalue weighted by Gasteiger charge is 2.50. The normalized spacial score (nSPS) is 26.2. The van der Waals surface area contributed by atoms with Crippen molar-refractivity contribution >= 4 is 29.7 Å². The summed E-state index contributed by atoms with van der Waals surface area (Å²) in [5, 5.41) is 40.7. The topological polar surface area (TPSA) is 185 Å². The molecule has 11 nitrogen and oxygen atoms in total. The smallest absolute Gasteiger partial charge is 0.309 e. The number of cyclic esters (lactones) is 2. The van der Waals surface area contributed by atoms with Gasteiger partial charge in [-0.1, -0.05) is 87.4 Å². The van der Waals surface area contributed by atoms with E-state index in [0.717, 1.165) is 11.1 Å². The minimum atomic E-state index is -1.70. The number of carbonyl (C=O) groups excluding carboxylic acids is 3. The first kappa shape index (κ1) is 38.7. The van der Waals surface area contributed by atoms with Crippen LogP contribution in [0.4, 0.5) is 0 Å². The lowest BCUT2D eigenvalue weighted by molar-refractivity contribution is -0.181. The summed E-state index contributed by atoms with van der Waals surface area (Å²) >= 11 is 0. The van der Waals surface area contributed by atoms with Crippen LogP contribution in [0.3, 0.4) is 0 Å². The largest absolute Gasteiger partial charge is 0.481 e. The Morgan fingerprint density at radius 3 is 1.36 bits per heavy atom. The van der Waals surface area contributed by atoms with Gasteiger partial charge in [-0.3, -0.25) is 24.0 Å². The molecule has 0 saturated carbocycles. The number of ketones is 1. The molecule has 0 aromatic heterocycles. The molecule has 4 N–H and O–H groups in total. The van der Waals surface area contributed by atoms with Crippen LogP contribution in [-0.2, 0) is 44.3 Å². The molecule has 0 aliphatic carbocycles. The van der Waals surface area contributed by atoms with Crippen molar-refractivity contribution in [3.8, 4) is 0 Å². The van der Waals surface area contributed by atoms with Crippen molar-refractivity contribution in [2.75, 3.05) is 0 Å². The maximum Gasteiger partial charge on any atom is 0.309 e. The molecule has 2 heterocycles. The zero-order chi connectivity index (χ0) is 36.6. The number of unbranched alkanes of at least 4 members (excludes halogenated alkanes) is 2. The van der Waals surface area contributed by atoms with Gasteiger partial charge in [0.25, 0.3) is 0 Å². The summed E-state index contributed by atoms with van der Waals surface area (Å²) in [6.45, 7) is 3.90. The van der Waals surface area contributed by atoms with E-state index in [9.17, 15) is 44.4 Å². The van der Waals surface area contributed by atoms with E-state index in [0.29, 0.717) is 51.4 Å². The van der Waals surface area contributed by atoms with E-state index in [-0.39, 0.29) is 31.5 Å². The van der Waals surface area contributed by atoms with E-state index < -0.39 is 71.0 Å². The molecule has 2 fully saturated rings. The molecule has 0 bridgehead atoms. The first-order valence-electron chi connectivity index (χ1n) is 17.5. The van der Waals surface area contributed by atoms with Gasteiger partial charge in [0.1, 0.15) is 18.0 Å². The van der Waals surface area contributed by atoms with Gasteiger partial charge in [-0.15, -0.1) is 0 Å². The Morgan fingerprint density at radius 1 is 0.660 bits per heavy atom. The molecule has 4 rings (SSSR count). The molecule has 0 amide bonds. The number of carboxylic acids is 2. The number of rotatable bonds is 18. The third-order valence-corrected chi connectivity index (χ3v) is 10.7. The highest BCUT2D eigenvalue weighted by Crippen LogP contribution is 2.44. The van der Waals surface area contributed by atoms with Crippen molar-refractivity contribution in [2.45, 2.75) is 138 Å². The van der Waals surface area contributed by atoms with Gasteiger partial charge in [0.15, 0.2) is 0 Å². The van der Waals surface area contributed by atoms with Gasteiger partial charge in [0.05, 0.1) is 36.9 Å². The van der Waals surface area contributed by atoms with Gasteiger partial charge in [0.2, 0.25) is 0 Å². The fraction of sp³-hybridized carbons (Fsp3) is 0.564. The molecule has 6 unspecified atom stereocenters. The number of carboxylic acid groups (broad SMARTS) is 2. The van der Waals surface area contributed by atoms with Gasteiger partial charge < -0.3 is 29.9 Å². The molecule has 2 aromatic carbocycles. The van der Waals surface area contributed by atoms with Crippen LogP contribution in [0.1, 0.15) is 115 Å². The van der Waals surface area contributed by atoms with Gasteiger partial charge in [-0.2, -0.15) is 0 Å². The van der Waals surface area contributed by atoms with Crippen LogP contribution in [0, 0.1) is 0 Å². The Labute approximate surface area is 293 Å². The Morgan fingerprint density at radius 2 is 1.02 bits per heavy atom. The molecule has 2 aliphatic heterocycles. The average molecular weight is 695 g/mol. The third-order valence-electron chi connectivity index (χ3n) is 10.7. The molecular weight excluding hydrogens is 644 g/mol. The van der Waals surface area contributed by atoms with Crippen LogP contribution in [-0.4, -0.2) is 73.5 Å². The summed E-state index contributed by atoms with van der Waals surface area (Å²) in [5.41, 5.74) is -3.04. The number of aliphatic carboxylic acids is 2. The standard InChI is InChI=1S/C39H50O11/c1-36(27-13-5-3-6-14-27,30-21-38(47,23-32(41)42)25-34(45)49-30)19-11-9-17-29(40)18-10-12-20-37(2,28-15-7-4-8-16-28)31-22-39(48,24-33(43)44)26-35(46)50-31/h3-8,13-16,30-31,47-48H,9-12,17-26H2,1-2H3,(H,41,42)(H,43,44). The van der Waals surface area contributed by atoms with E-state index in [1.165, 1.54) is 0 Å². The first-order chi connectivity index (χ1) is 23.6. The van der Waals surface area contributed by atoms with Crippen LogP contribution in [0.2, 0.25) is 0 Å². The summed E-state index contributed by atoms with van der Waals surface area (Å²) in [4.78, 5) is 60.9. The van der Waals surface area contributed by atoms with Gasteiger partial charge in [0, 0.05) is 36.5 Å². The highest BCUT2D eigenvalue weighted by molar-refractivity contribution is 5.78. The number of esters is 2. The summed E-state index contributed by atoms with van der Waals surface area (Å²) in [6, 6.07) is 19.0. The Hall–Kier alpha value is -4.09. The minimum Gasteiger partial charge on any atom is -0.481 e. The van der Waals surface area contributed by atoms with Crippen LogP contribution >= 0.6 is 0 Å². The fourth-order valence-electron chi connectivity index (χ4n) is 7.77. The number of benzene rings is 2. The van der Waals surface area contributed by atoms with Crippen LogP contribution in [0.25, 0.3) is 0 Å². The summed E-state index contributed by atoms with van der Waals surface area (Å²) < 4.78 is 11.5. The zero-order valence-corrected chi connectivity index (χ0v) is 29.0. The molecule has 0 spiro atoms. The number of hydrogen-bond donors (Lipinski definition) is 4. The Kier molecular flexibility index (Phi) is 12.6. The van der Waals surface area contributed by atoms with E-state index in [1.54, 1.807) is 0 Å². The molecule has 2 aromatic rings. The maximum absolute atomic E-state index is 13.0. The lowest BCUT2D eigenvalue weighted by Crippen LogP contribution is -2.52. The lowest BCUT2D eigenvalue weighted by Gasteiger charge is -2.44. The Bertz CT molecular complexity index is 1390. The van der Waals surface area contributed by atoms with Crippen molar-refractivity contribution < 1.29 is 53.9 Å². The van der Waals surface area contributed by atoms with Crippen molar-refractivity contribution in [1.29, 1.82) is 0 Å². The second kappa shape index (κ2) is 16.3. The monoisotopic (exact) mass is 694 g/mol. The predicted molar refractivity (Wildman–Crippen MR) is 182 cm³/mol. The van der Waals surface area contributed by atoms with E-state index in [4.69, 9.17) is 9.47 Å². The van der Waals surface area contributed by atoms with E-state index in [1.807, 2.05) is 74.5 Å². The number of aliphatic hydroxyl groups is 2. The number of carbonyl (C=O) groups is 5. The predicted octanol–water partition coefficient (Wildman–Crippen LogP) is 5.41. The zero-order valence-electron chi connectivity index (χ0n) is 29.0. The second-order valence-corrected chi connectivity index (χ2v) is 14.8. The number of Topliss-reactive ketones (excluding diaryl/α,β-unsaturated/α-hetero) is 1. The van der Waals surface area contributed by atoms with Crippen LogP contribution < -0.4 is 0 Å². The first-order valence-corrected chi connectivity index (χ1v) is 17.5. The minimum absolute atomic E-state index is 0.00380. The van der Waals surface area contributed by atoms with Crippen molar-refractivity contribution in [3.05, 3.63) is 71.8 Å². The lowest BCUT2D eigenvalue weighted by atomic mass is 9.68. The molecular formula is C39H50O11. The summed E-state index contributed by atoms with van der Waals surface area (Å²) in [5.74, 6) is -3.55. The molecule has 6 atom stereocenters. The molecule has 2 aliphatic rings. The molecule has 0 radical (unpaired) electrons. The average Bonchev–Trinajstić information content (AvgIpc) is 3.03. The van der Waals surface area contributed by atoms with Crippen molar-refractivity contribution in [1.82, 2.24) is 0 Å². The molecule has 50 heavy (non-hydrogen) atoms. The molecule has 272 valence electrons. The van der Waals surface area contributed by atoms with Gasteiger partial charge >= 0.3 is 23.9 Å². The van der Waals surface area contributed by atoms with Crippen LogP contribution in [0.5, 0.6) is 0 Å². The maximum atomic E-state index is 13.0. The Balaban J connectivity index is 1.33. The second-order valence-electron chi connectivity index (χ2n) is 14.8. The van der Waals surface area contributed by atoms with Crippen molar-refractivity contribution in [2.24, 2.45) is 0 Å². The van der Waals surface area contributed by atoms with Gasteiger partial charge in [-0.25, -0.2) is 0 Å². The number of hydrogen-bond acceptors (Lipinski definition) is 9. The van der Waals surface area contributed by atoms with E-state index in [2.05, 4.69) is 0 Å². The van der Waals surface area contributed by atoms with Gasteiger partial charge in [-0.05, 0) is 36.8 Å². The quantitative estimate of drug-likeness (QED) is 0.115. The van der Waals surface area contributed by atoms with Crippen LogP contribution in [0.15, 0.2) is 60.7 Å². The van der Waals surface area contributed by atoms with Crippen molar-refractivity contribution in [3.63, 3.8) is 0 Å². The molecule has 2 saturated heterocycles. The SMILES string of the molecule is CC(CCCCC(=O)CCCCC(C)(c1ccccc1)C1CC(O)(CC(=O)O)CC(=O)O1)(c1ccccc1)C1CC(O)(CC(=O)O)CC(=O)O1. The van der Waals surface area contributed by atoms with E-state index >= 15 is 0 Å². The number of ether oxygens (including phenoxy) is 2. The molecule has 11 heteroatoms. The highest BCUT2D eigenvalue weighted by atomic mass is 16.6. The fourth-order valence-corrected chi connectivity index (χ4v) is 7.77.